The lowest BCUT2D eigenvalue weighted by molar-refractivity contribution is -0.117. The van der Waals surface area contributed by atoms with Crippen molar-refractivity contribution >= 4 is 34.7 Å². The average molecular weight is 395 g/mol. The van der Waals surface area contributed by atoms with Crippen LogP contribution in [0.2, 0.25) is 0 Å². The summed E-state index contributed by atoms with van der Waals surface area (Å²) in [5.41, 5.74) is 3.48. The Bertz CT molecular complexity index is 923. The Morgan fingerprint density at radius 3 is 2.74 bits per heavy atom. The third-order valence-corrected chi connectivity index (χ3v) is 6.70. The number of benzene rings is 2. The molecule has 4 rings (SSSR count). The fraction of sp³-hybridized carbons (Fsp3) is 0.227. The van der Waals surface area contributed by atoms with E-state index in [0.717, 1.165) is 23.5 Å². The van der Waals surface area contributed by atoms with E-state index in [1.54, 1.807) is 11.8 Å². The monoisotopic (exact) mass is 394 g/mol. The average Bonchev–Trinajstić information content (AvgIpc) is 3.17. The molecule has 138 valence electrons. The topological polar surface area (TPSA) is 32.3 Å². The number of carbonyl (C=O) groups excluding carboxylic acids is 1. The third-order valence-electron chi connectivity index (χ3n) is 4.91. The molecule has 0 fully saturated rings. The molecule has 1 aliphatic rings. The minimum absolute atomic E-state index is 0.0381. The molecule has 1 N–H and O–H groups in total. The highest BCUT2D eigenvalue weighted by molar-refractivity contribution is 7.98. The Morgan fingerprint density at radius 2 is 1.93 bits per heavy atom. The Hall–Kier alpha value is -2.08. The Morgan fingerprint density at radius 1 is 1.15 bits per heavy atom. The van der Waals surface area contributed by atoms with Crippen LogP contribution in [-0.2, 0) is 11.2 Å². The zero-order valence-electron chi connectivity index (χ0n) is 15.2. The molecule has 3 nitrogen and oxygen atoms in total. The smallest absolute Gasteiger partial charge is 0.238 e. The van der Waals surface area contributed by atoms with Crippen molar-refractivity contribution in [2.24, 2.45) is 0 Å². The summed E-state index contributed by atoms with van der Waals surface area (Å²) in [5.74, 6) is 0.0381. The molecule has 0 saturated heterocycles. The normalized spacial score (nSPS) is 16.7. The van der Waals surface area contributed by atoms with Crippen molar-refractivity contribution in [3.05, 3.63) is 82.0 Å². The van der Waals surface area contributed by atoms with Gasteiger partial charge in [-0.15, -0.1) is 23.1 Å². The first-order valence-corrected chi connectivity index (χ1v) is 11.1. The highest BCUT2D eigenvalue weighted by Gasteiger charge is 2.30. The van der Waals surface area contributed by atoms with Crippen molar-refractivity contribution < 1.29 is 4.79 Å². The van der Waals surface area contributed by atoms with E-state index in [-0.39, 0.29) is 11.9 Å². The quantitative estimate of drug-likeness (QED) is 0.614. The van der Waals surface area contributed by atoms with Crippen LogP contribution < -0.4 is 5.32 Å². The maximum absolute atomic E-state index is 12.8. The lowest BCUT2D eigenvalue weighted by Crippen LogP contribution is -2.40. The summed E-state index contributed by atoms with van der Waals surface area (Å²) in [5, 5.41) is 5.27. The fourth-order valence-corrected chi connectivity index (χ4v) is 5.14. The number of hydrogen-bond donors (Lipinski definition) is 1. The van der Waals surface area contributed by atoms with Gasteiger partial charge in [-0.3, -0.25) is 9.69 Å². The van der Waals surface area contributed by atoms with Crippen LogP contribution >= 0.6 is 23.1 Å². The first-order chi connectivity index (χ1) is 13.3. The summed E-state index contributed by atoms with van der Waals surface area (Å²) >= 11 is 3.47. The fourth-order valence-electron chi connectivity index (χ4n) is 3.69. The number of nitrogens with zero attached hydrogens (tertiary/aromatic N) is 1. The Balaban J connectivity index is 1.56. The second-order valence-electron chi connectivity index (χ2n) is 6.58. The molecule has 2 heterocycles. The van der Waals surface area contributed by atoms with Crippen LogP contribution in [0.5, 0.6) is 0 Å². The van der Waals surface area contributed by atoms with Gasteiger partial charge in [0.1, 0.15) is 0 Å². The van der Waals surface area contributed by atoms with Crippen molar-refractivity contribution in [1.82, 2.24) is 4.90 Å². The molecule has 0 unspecified atom stereocenters. The zero-order valence-corrected chi connectivity index (χ0v) is 16.9. The van der Waals surface area contributed by atoms with Crippen LogP contribution in [-0.4, -0.2) is 30.2 Å². The van der Waals surface area contributed by atoms with Gasteiger partial charge in [0.15, 0.2) is 0 Å². The van der Waals surface area contributed by atoms with Crippen LogP contribution in [0.25, 0.3) is 0 Å². The third kappa shape index (κ3) is 3.95. The SMILES string of the molecule is CSc1ccccc1NC(=O)CN1CCc2sccc2[C@H]1c1ccccc1. The van der Waals surface area contributed by atoms with Crippen molar-refractivity contribution in [1.29, 1.82) is 0 Å². The Kier molecular flexibility index (Phi) is 5.62. The molecule has 0 spiro atoms. The summed E-state index contributed by atoms with van der Waals surface area (Å²) in [6.45, 7) is 1.28. The van der Waals surface area contributed by atoms with Gasteiger partial charge in [0, 0.05) is 16.3 Å². The van der Waals surface area contributed by atoms with Gasteiger partial charge in [-0.25, -0.2) is 0 Å². The number of fused-ring (bicyclic) bond motifs is 1. The van der Waals surface area contributed by atoms with Crippen molar-refractivity contribution in [2.45, 2.75) is 17.4 Å². The molecule has 1 aromatic heterocycles. The molecule has 1 atom stereocenters. The molecule has 0 saturated carbocycles. The summed E-state index contributed by atoms with van der Waals surface area (Å²) in [4.78, 5) is 17.6. The molecule has 0 radical (unpaired) electrons. The van der Waals surface area contributed by atoms with E-state index in [4.69, 9.17) is 0 Å². The second-order valence-corrected chi connectivity index (χ2v) is 8.43. The van der Waals surface area contributed by atoms with E-state index in [1.165, 1.54) is 16.0 Å². The number of nitrogens with one attached hydrogen (secondary N) is 1. The van der Waals surface area contributed by atoms with Gasteiger partial charge < -0.3 is 5.32 Å². The standard InChI is InChI=1S/C22H22N2OS2/c1-26-20-10-6-5-9-18(20)23-21(25)15-24-13-11-19-17(12-14-27-19)22(24)16-7-3-2-4-8-16/h2-10,12,14,22H,11,13,15H2,1H3,(H,23,25)/t22-/m1/s1. The van der Waals surface area contributed by atoms with Crippen molar-refractivity contribution in [3.8, 4) is 0 Å². The molecule has 3 aromatic rings. The molecule has 5 heteroatoms. The lowest BCUT2D eigenvalue weighted by atomic mass is 9.93. The number of anilines is 1. The van der Waals surface area contributed by atoms with Gasteiger partial charge in [-0.05, 0) is 47.4 Å². The van der Waals surface area contributed by atoms with E-state index in [2.05, 4.69) is 45.9 Å². The van der Waals surface area contributed by atoms with Crippen LogP contribution in [0.1, 0.15) is 22.0 Å². The van der Waals surface area contributed by atoms with E-state index in [1.807, 2.05) is 47.9 Å². The summed E-state index contributed by atoms with van der Waals surface area (Å²) in [6.07, 6.45) is 3.03. The minimum atomic E-state index is 0.0381. The van der Waals surface area contributed by atoms with Gasteiger partial charge in [0.2, 0.25) is 5.91 Å². The van der Waals surface area contributed by atoms with Crippen LogP contribution in [0.3, 0.4) is 0 Å². The first kappa shape index (κ1) is 18.3. The predicted octanol–water partition coefficient (Wildman–Crippen LogP) is 5.06. The maximum Gasteiger partial charge on any atom is 0.238 e. The lowest BCUT2D eigenvalue weighted by Gasteiger charge is -2.35. The van der Waals surface area contributed by atoms with Crippen LogP contribution in [0.15, 0.2) is 70.9 Å². The highest BCUT2D eigenvalue weighted by Crippen LogP contribution is 2.37. The summed E-state index contributed by atoms with van der Waals surface area (Å²) < 4.78 is 0. The van der Waals surface area contributed by atoms with Gasteiger partial charge >= 0.3 is 0 Å². The second kappa shape index (κ2) is 8.30. The van der Waals surface area contributed by atoms with Gasteiger partial charge in [-0.2, -0.15) is 0 Å². The van der Waals surface area contributed by atoms with E-state index < -0.39 is 0 Å². The number of thiophene rings is 1. The summed E-state index contributed by atoms with van der Waals surface area (Å²) in [6, 6.07) is 20.8. The Labute approximate surface area is 168 Å². The molecule has 0 bridgehead atoms. The number of amides is 1. The number of hydrogen-bond acceptors (Lipinski definition) is 4. The first-order valence-electron chi connectivity index (χ1n) is 9.04. The van der Waals surface area contributed by atoms with Gasteiger partial charge in [0.25, 0.3) is 0 Å². The number of carbonyl (C=O) groups is 1. The van der Waals surface area contributed by atoms with E-state index in [9.17, 15) is 4.79 Å². The van der Waals surface area contributed by atoms with Crippen LogP contribution in [0, 0.1) is 0 Å². The number of para-hydroxylation sites is 1. The van der Waals surface area contributed by atoms with Crippen molar-refractivity contribution in [2.75, 3.05) is 24.7 Å². The van der Waals surface area contributed by atoms with Crippen LogP contribution in [0.4, 0.5) is 5.69 Å². The molecule has 27 heavy (non-hydrogen) atoms. The molecular formula is C22H22N2OS2. The van der Waals surface area contributed by atoms with Gasteiger partial charge in [0.05, 0.1) is 18.3 Å². The summed E-state index contributed by atoms with van der Waals surface area (Å²) in [7, 11) is 0. The van der Waals surface area contributed by atoms with Crippen molar-refractivity contribution in [3.63, 3.8) is 0 Å². The largest absolute Gasteiger partial charge is 0.324 e. The minimum Gasteiger partial charge on any atom is -0.324 e. The van der Waals surface area contributed by atoms with Gasteiger partial charge in [-0.1, -0.05) is 42.5 Å². The predicted molar refractivity (Wildman–Crippen MR) is 115 cm³/mol. The zero-order chi connectivity index (χ0) is 18.6. The molecule has 2 aromatic carbocycles. The van der Waals surface area contributed by atoms with E-state index in [0.29, 0.717) is 6.54 Å². The molecule has 0 aliphatic carbocycles. The highest BCUT2D eigenvalue weighted by atomic mass is 32.2. The maximum atomic E-state index is 12.8. The van der Waals surface area contributed by atoms with E-state index >= 15 is 0 Å². The number of rotatable bonds is 5. The molecule has 1 aliphatic heterocycles. The molecular weight excluding hydrogens is 372 g/mol. The molecule has 1 amide bonds. The number of thioether (sulfide) groups is 1.